The lowest BCUT2D eigenvalue weighted by Gasteiger charge is -2.38. The number of piperazine rings is 1. The van der Waals surface area contributed by atoms with E-state index in [9.17, 15) is 9.59 Å². The lowest BCUT2D eigenvalue weighted by molar-refractivity contribution is 0.0464. The first-order chi connectivity index (χ1) is 10.1. The van der Waals surface area contributed by atoms with E-state index in [2.05, 4.69) is 0 Å². The van der Waals surface area contributed by atoms with Crippen molar-refractivity contribution in [2.75, 3.05) is 33.4 Å². The Kier molecular flexibility index (Phi) is 5.06. The molecule has 1 aromatic heterocycles. The van der Waals surface area contributed by atoms with Crippen molar-refractivity contribution < 1.29 is 19.1 Å². The van der Waals surface area contributed by atoms with Crippen LogP contribution in [0.2, 0.25) is 0 Å². The fraction of sp³-hybridized carbons (Fsp3) is 0.571. The van der Waals surface area contributed by atoms with E-state index in [4.69, 9.17) is 9.47 Å². The Labute approximate surface area is 128 Å². The summed E-state index contributed by atoms with van der Waals surface area (Å²) in [4.78, 5) is 27.6. The molecule has 1 aliphatic heterocycles. The van der Waals surface area contributed by atoms with Gasteiger partial charge in [0.05, 0.1) is 19.3 Å². The van der Waals surface area contributed by atoms with Crippen LogP contribution in [0, 0.1) is 0 Å². The summed E-state index contributed by atoms with van der Waals surface area (Å²) in [5.74, 6) is -0.0453. The number of carbonyl (C=O) groups excluding carboxylic acids is 2. The van der Waals surface area contributed by atoms with Crippen LogP contribution in [0.5, 0.6) is 5.06 Å². The summed E-state index contributed by atoms with van der Waals surface area (Å²) < 4.78 is 10.2. The molecule has 21 heavy (non-hydrogen) atoms. The Morgan fingerprint density at radius 3 is 2.81 bits per heavy atom. The van der Waals surface area contributed by atoms with Crippen molar-refractivity contribution in [1.29, 1.82) is 0 Å². The summed E-state index contributed by atoms with van der Waals surface area (Å²) in [7, 11) is 1.37. The smallest absolute Gasteiger partial charge is 0.409 e. The number of methoxy groups -OCH3 is 1. The van der Waals surface area contributed by atoms with Crippen molar-refractivity contribution in [2.24, 2.45) is 0 Å². The minimum absolute atomic E-state index is 0.0453. The average molecular weight is 312 g/mol. The summed E-state index contributed by atoms with van der Waals surface area (Å²) in [6, 6.07) is 1.72. The summed E-state index contributed by atoms with van der Waals surface area (Å²) in [6.45, 7) is 5.81. The van der Waals surface area contributed by atoms with E-state index in [1.165, 1.54) is 18.4 Å². The van der Waals surface area contributed by atoms with Gasteiger partial charge in [-0.3, -0.25) is 4.79 Å². The molecule has 0 aromatic carbocycles. The minimum Gasteiger partial charge on any atom is -0.484 e. The molecule has 0 radical (unpaired) electrons. The van der Waals surface area contributed by atoms with E-state index < -0.39 is 0 Å². The molecule has 0 spiro atoms. The monoisotopic (exact) mass is 312 g/mol. The normalized spacial score (nSPS) is 18.5. The fourth-order valence-corrected chi connectivity index (χ4v) is 3.19. The molecule has 1 atom stereocenters. The third-order valence-electron chi connectivity index (χ3n) is 3.46. The van der Waals surface area contributed by atoms with Gasteiger partial charge < -0.3 is 19.3 Å². The number of hydrogen-bond acceptors (Lipinski definition) is 5. The number of amides is 2. The van der Waals surface area contributed by atoms with Crippen molar-refractivity contribution in [2.45, 2.75) is 19.9 Å². The second-order valence-corrected chi connectivity index (χ2v) is 5.70. The molecule has 1 fully saturated rings. The third kappa shape index (κ3) is 3.29. The molecule has 0 unspecified atom stereocenters. The summed E-state index contributed by atoms with van der Waals surface area (Å²) in [5, 5.41) is 2.51. The summed E-state index contributed by atoms with van der Waals surface area (Å²) >= 11 is 1.42. The van der Waals surface area contributed by atoms with E-state index in [0.29, 0.717) is 36.9 Å². The molecule has 2 heterocycles. The number of carbonyl (C=O) groups is 2. The molecule has 1 aromatic rings. The summed E-state index contributed by atoms with van der Waals surface area (Å²) in [5.41, 5.74) is 0.598. The second-order valence-electron chi connectivity index (χ2n) is 4.82. The Balaban J connectivity index is 2.05. The molecule has 0 bridgehead atoms. The molecular weight excluding hydrogens is 292 g/mol. The molecule has 6 nitrogen and oxygen atoms in total. The molecule has 0 saturated carbocycles. The van der Waals surface area contributed by atoms with Gasteiger partial charge in [0, 0.05) is 25.7 Å². The molecular formula is C14H20N2O4S. The fourth-order valence-electron chi connectivity index (χ4n) is 2.40. The van der Waals surface area contributed by atoms with Crippen molar-refractivity contribution in [3.63, 3.8) is 0 Å². The van der Waals surface area contributed by atoms with E-state index in [-0.39, 0.29) is 18.0 Å². The number of thiophene rings is 1. The molecule has 1 saturated heterocycles. The van der Waals surface area contributed by atoms with Gasteiger partial charge in [-0.25, -0.2) is 4.79 Å². The Morgan fingerprint density at radius 1 is 1.43 bits per heavy atom. The molecule has 116 valence electrons. The van der Waals surface area contributed by atoms with Crippen LogP contribution < -0.4 is 4.74 Å². The van der Waals surface area contributed by atoms with Crippen LogP contribution in [0.4, 0.5) is 4.79 Å². The quantitative estimate of drug-likeness (QED) is 0.857. The van der Waals surface area contributed by atoms with Crippen LogP contribution >= 0.6 is 11.3 Å². The molecule has 2 amide bonds. The lowest BCUT2D eigenvalue weighted by Crippen LogP contribution is -2.55. The predicted molar refractivity (Wildman–Crippen MR) is 80.0 cm³/mol. The maximum Gasteiger partial charge on any atom is 0.409 e. The number of rotatable bonds is 3. The Bertz CT molecular complexity index is 517. The average Bonchev–Trinajstić information content (AvgIpc) is 2.94. The van der Waals surface area contributed by atoms with E-state index >= 15 is 0 Å². The van der Waals surface area contributed by atoms with Gasteiger partial charge in [-0.2, -0.15) is 0 Å². The topological polar surface area (TPSA) is 59.1 Å². The number of hydrogen-bond donors (Lipinski definition) is 0. The SMILES string of the molecule is CCOc1sccc1C(=O)N1CCN(C(=O)OC)[C@@H](C)C1. The van der Waals surface area contributed by atoms with E-state index in [1.54, 1.807) is 15.9 Å². The zero-order valence-electron chi connectivity index (χ0n) is 12.5. The van der Waals surface area contributed by atoms with Crippen molar-refractivity contribution in [3.05, 3.63) is 17.0 Å². The second kappa shape index (κ2) is 6.80. The van der Waals surface area contributed by atoms with Gasteiger partial charge in [-0.05, 0) is 25.3 Å². The van der Waals surface area contributed by atoms with Gasteiger partial charge in [0.15, 0.2) is 5.06 Å². The van der Waals surface area contributed by atoms with Crippen LogP contribution in [0.15, 0.2) is 11.4 Å². The standard InChI is InChI=1S/C14H20N2O4S/c1-4-20-13-11(5-8-21-13)12(17)15-6-7-16(10(2)9-15)14(18)19-3/h5,8,10H,4,6-7,9H2,1-3H3/t10-/m0/s1. The first-order valence-corrected chi connectivity index (χ1v) is 7.80. The number of ether oxygens (including phenoxy) is 2. The Morgan fingerprint density at radius 2 is 2.19 bits per heavy atom. The van der Waals surface area contributed by atoms with Crippen molar-refractivity contribution in [1.82, 2.24) is 9.80 Å². The highest BCUT2D eigenvalue weighted by Gasteiger charge is 2.31. The van der Waals surface area contributed by atoms with Crippen LogP contribution in [0.1, 0.15) is 24.2 Å². The van der Waals surface area contributed by atoms with Gasteiger partial charge in [0.2, 0.25) is 0 Å². The van der Waals surface area contributed by atoms with Crippen molar-refractivity contribution in [3.8, 4) is 5.06 Å². The summed E-state index contributed by atoms with van der Waals surface area (Å²) in [6.07, 6.45) is -0.347. The van der Waals surface area contributed by atoms with Gasteiger partial charge in [-0.15, -0.1) is 11.3 Å². The van der Waals surface area contributed by atoms with Gasteiger partial charge >= 0.3 is 6.09 Å². The van der Waals surface area contributed by atoms with E-state index in [0.717, 1.165) is 0 Å². The molecule has 0 aliphatic carbocycles. The molecule has 1 aliphatic rings. The van der Waals surface area contributed by atoms with Crippen molar-refractivity contribution >= 4 is 23.3 Å². The molecule has 0 N–H and O–H groups in total. The highest BCUT2D eigenvalue weighted by molar-refractivity contribution is 7.12. The first-order valence-electron chi connectivity index (χ1n) is 6.92. The van der Waals surface area contributed by atoms with Crippen LogP contribution in [0.3, 0.4) is 0 Å². The third-order valence-corrected chi connectivity index (χ3v) is 4.28. The highest BCUT2D eigenvalue weighted by Crippen LogP contribution is 2.28. The van der Waals surface area contributed by atoms with Gasteiger partial charge in [-0.1, -0.05) is 0 Å². The van der Waals surface area contributed by atoms with Crippen LogP contribution in [-0.4, -0.2) is 61.2 Å². The minimum atomic E-state index is -0.347. The maximum absolute atomic E-state index is 12.6. The first kappa shape index (κ1) is 15.6. The zero-order valence-corrected chi connectivity index (χ0v) is 13.3. The molecule has 2 rings (SSSR count). The number of nitrogens with zero attached hydrogens (tertiary/aromatic N) is 2. The maximum atomic E-state index is 12.6. The lowest BCUT2D eigenvalue weighted by atomic mass is 10.1. The van der Waals surface area contributed by atoms with Crippen LogP contribution in [-0.2, 0) is 4.74 Å². The molecule has 7 heteroatoms. The highest BCUT2D eigenvalue weighted by atomic mass is 32.1. The Hall–Kier alpha value is -1.76. The predicted octanol–water partition coefficient (Wildman–Crippen LogP) is 2.06. The zero-order chi connectivity index (χ0) is 15.4. The largest absolute Gasteiger partial charge is 0.484 e. The van der Waals surface area contributed by atoms with Gasteiger partial charge in [0.1, 0.15) is 0 Å². The van der Waals surface area contributed by atoms with Crippen LogP contribution in [0.25, 0.3) is 0 Å². The van der Waals surface area contributed by atoms with Gasteiger partial charge in [0.25, 0.3) is 5.91 Å². The van der Waals surface area contributed by atoms with E-state index in [1.807, 2.05) is 19.2 Å².